The van der Waals surface area contributed by atoms with Crippen molar-refractivity contribution in [3.05, 3.63) is 74.8 Å². The smallest absolute Gasteiger partial charge is 0.392 e. The summed E-state index contributed by atoms with van der Waals surface area (Å²) in [6, 6.07) is 11.4. The summed E-state index contributed by atoms with van der Waals surface area (Å²) in [4.78, 5) is 26.7. The Bertz CT molecular complexity index is 1210. The molecule has 130 valence electrons. The standard InChI is InChI=1S/C18H13N3O5/c1-2-11-9-16(22)26-14-10-12(6-7-13(11)14)25-17-18(21(23)24)20-8-4-3-5-15(20)19-17/h3-10H,2H2,1H3. The van der Waals surface area contributed by atoms with E-state index in [0.29, 0.717) is 23.4 Å². The van der Waals surface area contributed by atoms with E-state index in [1.54, 1.807) is 36.5 Å². The van der Waals surface area contributed by atoms with Gasteiger partial charge in [-0.15, -0.1) is 0 Å². The second-order valence-corrected chi connectivity index (χ2v) is 5.63. The normalized spacial score (nSPS) is 11.1. The number of benzene rings is 1. The molecule has 0 aliphatic carbocycles. The summed E-state index contributed by atoms with van der Waals surface area (Å²) in [6.45, 7) is 1.94. The SMILES string of the molecule is CCc1cc(=O)oc2cc(Oc3nc4ccccn4c3[N+](=O)[O-])ccc12. The van der Waals surface area contributed by atoms with Gasteiger partial charge < -0.3 is 19.3 Å². The van der Waals surface area contributed by atoms with Crippen molar-refractivity contribution in [1.29, 1.82) is 0 Å². The van der Waals surface area contributed by atoms with Crippen LogP contribution in [-0.4, -0.2) is 14.3 Å². The summed E-state index contributed by atoms with van der Waals surface area (Å²) < 4.78 is 12.2. The Kier molecular flexibility index (Phi) is 3.65. The number of nitrogens with zero attached hydrogens (tertiary/aromatic N) is 3. The highest BCUT2D eigenvalue weighted by atomic mass is 16.6. The molecule has 0 aliphatic rings. The van der Waals surface area contributed by atoms with E-state index in [1.165, 1.54) is 16.5 Å². The first-order valence-electron chi connectivity index (χ1n) is 7.93. The van der Waals surface area contributed by atoms with Gasteiger partial charge in [-0.1, -0.05) is 13.0 Å². The Morgan fingerprint density at radius 1 is 1.27 bits per heavy atom. The van der Waals surface area contributed by atoms with Gasteiger partial charge in [0.05, 0.1) is 6.20 Å². The summed E-state index contributed by atoms with van der Waals surface area (Å²) >= 11 is 0. The van der Waals surface area contributed by atoms with E-state index >= 15 is 0 Å². The zero-order valence-corrected chi connectivity index (χ0v) is 13.7. The molecule has 0 radical (unpaired) electrons. The Balaban J connectivity index is 1.83. The maximum Gasteiger partial charge on any atom is 0.392 e. The molecule has 0 fully saturated rings. The maximum absolute atomic E-state index is 11.7. The van der Waals surface area contributed by atoms with Gasteiger partial charge in [-0.3, -0.25) is 0 Å². The molecule has 0 spiro atoms. The highest BCUT2D eigenvalue weighted by Gasteiger charge is 2.24. The number of aryl methyl sites for hydroxylation is 1. The summed E-state index contributed by atoms with van der Waals surface area (Å²) in [6.07, 6.45) is 2.22. The van der Waals surface area contributed by atoms with Crippen molar-refractivity contribution in [3.8, 4) is 11.6 Å². The van der Waals surface area contributed by atoms with Crippen LogP contribution in [-0.2, 0) is 6.42 Å². The number of hydrogen-bond acceptors (Lipinski definition) is 6. The second kappa shape index (κ2) is 5.99. The Morgan fingerprint density at radius 2 is 2.12 bits per heavy atom. The lowest BCUT2D eigenvalue weighted by Crippen LogP contribution is -2.00. The average molecular weight is 351 g/mol. The van der Waals surface area contributed by atoms with E-state index in [0.717, 1.165) is 10.9 Å². The van der Waals surface area contributed by atoms with Crippen molar-refractivity contribution in [2.45, 2.75) is 13.3 Å². The fourth-order valence-electron chi connectivity index (χ4n) is 2.87. The molecule has 0 atom stereocenters. The quantitative estimate of drug-likeness (QED) is 0.316. The molecular weight excluding hydrogens is 338 g/mol. The number of hydrogen-bond donors (Lipinski definition) is 0. The monoisotopic (exact) mass is 351 g/mol. The minimum Gasteiger partial charge on any atom is -0.432 e. The molecule has 0 bridgehead atoms. The summed E-state index contributed by atoms with van der Waals surface area (Å²) in [7, 11) is 0. The van der Waals surface area contributed by atoms with Gasteiger partial charge in [0.1, 0.15) is 11.3 Å². The van der Waals surface area contributed by atoms with Crippen LogP contribution in [0.5, 0.6) is 11.6 Å². The highest BCUT2D eigenvalue weighted by molar-refractivity contribution is 5.81. The number of fused-ring (bicyclic) bond motifs is 2. The van der Waals surface area contributed by atoms with Crippen LogP contribution < -0.4 is 10.4 Å². The van der Waals surface area contributed by atoms with Crippen LogP contribution in [0.1, 0.15) is 12.5 Å². The van der Waals surface area contributed by atoms with Gasteiger partial charge in [0.2, 0.25) is 5.65 Å². The number of pyridine rings is 1. The molecule has 0 saturated heterocycles. The predicted molar refractivity (Wildman–Crippen MR) is 93.8 cm³/mol. The number of rotatable bonds is 4. The molecule has 3 aromatic heterocycles. The van der Waals surface area contributed by atoms with E-state index in [4.69, 9.17) is 9.15 Å². The van der Waals surface area contributed by atoms with E-state index in [2.05, 4.69) is 4.98 Å². The Morgan fingerprint density at radius 3 is 2.88 bits per heavy atom. The van der Waals surface area contributed by atoms with Crippen LogP contribution >= 0.6 is 0 Å². The molecule has 0 unspecified atom stereocenters. The number of ether oxygens (including phenoxy) is 1. The lowest BCUT2D eigenvalue weighted by atomic mass is 10.1. The van der Waals surface area contributed by atoms with Crippen molar-refractivity contribution >= 4 is 22.4 Å². The van der Waals surface area contributed by atoms with Crippen molar-refractivity contribution in [2.75, 3.05) is 0 Å². The van der Waals surface area contributed by atoms with Gasteiger partial charge >= 0.3 is 17.3 Å². The van der Waals surface area contributed by atoms with Gasteiger partial charge in [0.15, 0.2) is 0 Å². The first-order chi connectivity index (χ1) is 12.6. The first-order valence-corrected chi connectivity index (χ1v) is 7.93. The lowest BCUT2D eigenvalue weighted by Gasteiger charge is -2.06. The van der Waals surface area contributed by atoms with Crippen LogP contribution in [0.4, 0.5) is 5.82 Å². The number of imidazole rings is 1. The first kappa shape index (κ1) is 15.8. The molecule has 4 aromatic rings. The van der Waals surface area contributed by atoms with E-state index in [9.17, 15) is 14.9 Å². The zero-order chi connectivity index (χ0) is 18.3. The molecule has 1 aromatic carbocycles. The van der Waals surface area contributed by atoms with Crippen LogP contribution in [0, 0.1) is 10.1 Å². The van der Waals surface area contributed by atoms with Gasteiger partial charge in [-0.25, -0.2) is 4.79 Å². The van der Waals surface area contributed by atoms with Gasteiger partial charge in [0, 0.05) is 23.6 Å². The molecule has 0 aliphatic heterocycles. The van der Waals surface area contributed by atoms with Crippen LogP contribution in [0.2, 0.25) is 0 Å². The Hall–Kier alpha value is -3.68. The topological polar surface area (TPSA) is 99.9 Å². The molecule has 0 amide bonds. The molecular formula is C18H13N3O5. The summed E-state index contributed by atoms with van der Waals surface area (Å²) in [5.74, 6) is -0.112. The second-order valence-electron chi connectivity index (χ2n) is 5.63. The molecule has 26 heavy (non-hydrogen) atoms. The summed E-state index contributed by atoms with van der Waals surface area (Å²) in [5.41, 5.74) is 1.17. The molecule has 4 rings (SSSR count). The lowest BCUT2D eigenvalue weighted by molar-refractivity contribution is -0.391. The molecule has 0 N–H and O–H groups in total. The third kappa shape index (κ3) is 2.57. The third-order valence-electron chi connectivity index (χ3n) is 4.04. The Labute approximate surface area is 146 Å². The van der Waals surface area contributed by atoms with Crippen molar-refractivity contribution < 1.29 is 14.1 Å². The van der Waals surface area contributed by atoms with E-state index < -0.39 is 10.5 Å². The summed E-state index contributed by atoms with van der Waals surface area (Å²) in [5, 5.41) is 12.2. The molecule has 8 nitrogen and oxygen atoms in total. The van der Waals surface area contributed by atoms with Crippen molar-refractivity contribution in [3.63, 3.8) is 0 Å². The van der Waals surface area contributed by atoms with Gasteiger partial charge in [0.25, 0.3) is 0 Å². The average Bonchev–Trinajstić information content (AvgIpc) is 2.98. The van der Waals surface area contributed by atoms with Crippen LogP contribution in [0.15, 0.2) is 57.9 Å². The predicted octanol–water partition coefficient (Wildman–Crippen LogP) is 3.70. The highest BCUT2D eigenvalue weighted by Crippen LogP contribution is 2.33. The number of nitro groups is 1. The largest absolute Gasteiger partial charge is 0.432 e. The minimum atomic E-state index is -0.550. The minimum absolute atomic E-state index is 0.130. The third-order valence-corrected chi connectivity index (χ3v) is 4.04. The zero-order valence-electron chi connectivity index (χ0n) is 13.7. The maximum atomic E-state index is 11.7. The fourth-order valence-corrected chi connectivity index (χ4v) is 2.87. The van der Waals surface area contributed by atoms with Crippen molar-refractivity contribution in [1.82, 2.24) is 9.38 Å². The molecule has 0 saturated carbocycles. The van der Waals surface area contributed by atoms with E-state index in [1.807, 2.05) is 6.92 Å². The van der Waals surface area contributed by atoms with Crippen molar-refractivity contribution in [2.24, 2.45) is 0 Å². The molecule has 8 heteroatoms. The molecule has 3 heterocycles. The number of aromatic nitrogens is 2. The van der Waals surface area contributed by atoms with Crippen LogP contribution in [0.25, 0.3) is 16.6 Å². The van der Waals surface area contributed by atoms with Gasteiger partial charge in [-0.05, 0) is 35.1 Å². The van der Waals surface area contributed by atoms with Crippen LogP contribution in [0.3, 0.4) is 0 Å². The van der Waals surface area contributed by atoms with E-state index in [-0.39, 0.29) is 11.7 Å². The van der Waals surface area contributed by atoms with Gasteiger partial charge in [-0.2, -0.15) is 9.38 Å². The fraction of sp³-hybridized carbons (Fsp3) is 0.111.